The van der Waals surface area contributed by atoms with Crippen molar-refractivity contribution in [3.05, 3.63) is 0 Å². The van der Waals surface area contributed by atoms with Gasteiger partial charge in [-0.25, -0.2) is 4.79 Å². The lowest BCUT2D eigenvalue weighted by molar-refractivity contribution is -0.121. The molecule has 0 aromatic rings. The Bertz CT molecular complexity index is 249. The zero-order chi connectivity index (χ0) is 10.2. The fourth-order valence-corrected chi connectivity index (χ4v) is 1.47. The van der Waals surface area contributed by atoms with Gasteiger partial charge in [0, 0.05) is 0 Å². The molecule has 1 aliphatic rings. The van der Waals surface area contributed by atoms with Gasteiger partial charge in [-0.15, -0.1) is 0 Å². The van der Waals surface area contributed by atoms with Crippen LogP contribution in [-0.2, 0) is 9.53 Å². The lowest BCUT2D eigenvalue weighted by Gasteiger charge is -2.29. The zero-order valence-electron chi connectivity index (χ0n) is 7.90. The summed E-state index contributed by atoms with van der Waals surface area (Å²) >= 11 is 0. The molecule has 5 nitrogen and oxygen atoms in total. The fourth-order valence-electron chi connectivity index (χ4n) is 1.47. The number of amides is 1. The van der Waals surface area contributed by atoms with Crippen molar-refractivity contribution in [1.29, 1.82) is 0 Å². The number of rotatable bonds is 1. The lowest BCUT2D eigenvalue weighted by atomic mass is 10.2. The molecule has 74 valence electrons. The summed E-state index contributed by atoms with van der Waals surface area (Å²) in [7, 11) is 0. The van der Waals surface area contributed by atoms with E-state index in [9.17, 15) is 9.59 Å². The number of ether oxygens (including phenoxy) is 1. The summed E-state index contributed by atoms with van der Waals surface area (Å²) in [5, 5.41) is 8.86. The monoisotopic (exact) mass is 187 g/mol. The summed E-state index contributed by atoms with van der Waals surface area (Å²) in [4.78, 5) is 22.9. The minimum Gasteiger partial charge on any atom is -0.465 e. The predicted octanol–water partition coefficient (Wildman–Crippen LogP) is 0.690. The highest BCUT2D eigenvalue weighted by Crippen LogP contribution is 2.27. The number of carbonyl (C=O) groups excluding carboxylic acids is 1. The van der Waals surface area contributed by atoms with E-state index in [1.807, 2.05) is 0 Å². The first kappa shape index (κ1) is 9.98. The Morgan fingerprint density at radius 2 is 2.08 bits per heavy atom. The molecule has 0 aliphatic carbocycles. The van der Waals surface area contributed by atoms with Crippen molar-refractivity contribution in [3.63, 3.8) is 0 Å². The zero-order valence-corrected chi connectivity index (χ0v) is 7.90. The first-order chi connectivity index (χ1) is 5.86. The van der Waals surface area contributed by atoms with E-state index in [0.29, 0.717) is 0 Å². The van der Waals surface area contributed by atoms with Gasteiger partial charge in [0.05, 0.1) is 6.61 Å². The molecule has 1 amide bonds. The van der Waals surface area contributed by atoms with Crippen molar-refractivity contribution < 1.29 is 19.4 Å². The summed E-state index contributed by atoms with van der Waals surface area (Å²) in [6, 6.07) is -0.660. The van der Waals surface area contributed by atoms with Gasteiger partial charge in [0.2, 0.25) is 0 Å². The summed E-state index contributed by atoms with van der Waals surface area (Å²) in [6.07, 6.45) is -1.12. The second kappa shape index (κ2) is 2.99. The third kappa shape index (κ3) is 1.65. The van der Waals surface area contributed by atoms with E-state index in [1.54, 1.807) is 13.8 Å². The summed E-state index contributed by atoms with van der Waals surface area (Å²) in [5.74, 6) is -0.187. The third-order valence-electron chi connectivity index (χ3n) is 2.16. The molecule has 0 bridgehead atoms. The second-order valence-electron chi connectivity index (χ2n) is 3.54. The normalized spacial score (nSPS) is 26.1. The van der Waals surface area contributed by atoms with E-state index in [1.165, 1.54) is 6.92 Å². The van der Waals surface area contributed by atoms with Gasteiger partial charge < -0.3 is 9.84 Å². The van der Waals surface area contributed by atoms with E-state index in [-0.39, 0.29) is 12.4 Å². The lowest BCUT2D eigenvalue weighted by Crippen LogP contribution is -2.49. The number of carboxylic acid groups (broad SMARTS) is 1. The van der Waals surface area contributed by atoms with Crippen LogP contribution in [0.5, 0.6) is 0 Å². The number of Topliss-reactive ketones (excluding diaryl/α,β-unsaturated/α-hetero) is 1. The van der Waals surface area contributed by atoms with Crippen molar-refractivity contribution >= 4 is 11.9 Å². The SMILES string of the molecule is CC(=O)[C@@H]1COC(C)(C)N1C(=O)O. The molecule has 1 fully saturated rings. The Hall–Kier alpha value is -1.10. The van der Waals surface area contributed by atoms with E-state index in [4.69, 9.17) is 9.84 Å². The van der Waals surface area contributed by atoms with Gasteiger partial charge in [-0.2, -0.15) is 0 Å². The van der Waals surface area contributed by atoms with Crippen LogP contribution >= 0.6 is 0 Å². The highest BCUT2D eigenvalue weighted by atomic mass is 16.5. The molecule has 1 saturated heterocycles. The van der Waals surface area contributed by atoms with Crippen molar-refractivity contribution in [2.24, 2.45) is 0 Å². The maximum Gasteiger partial charge on any atom is 0.410 e. The predicted molar refractivity (Wildman–Crippen MR) is 44.4 cm³/mol. The number of nitrogens with zero attached hydrogens (tertiary/aromatic N) is 1. The van der Waals surface area contributed by atoms with Crippen LogP contribution in [0.1, 0.15) is 20.8 Å². The molecule has 1 atom stereocenters. The Morgan fingerprint density at radius 1 is 1.54 bits per heavy atom. The van der Waals surface area contributed by atoms with Crippen molar-refractivity contribution in [1.82, 2.24) is 4.90 Å². The van der Waals surface area contributed by atoms with Gasteiger partial charge in [-0.1, -0.05) is 0 Å². The average Bonchev–Trinajstić information content (AvgIpc) is 2.24. The van der Waals surface area contributed by atoms with Crippen LogP contribution in [0.4, 0.5) is 4.79 Å². The van der Waals surface area contributed by atoms with Gasteiger partial charge in [-0.3, -0.25) is 9.69 Å². The first-order valence-corrected chi connectivity index (χ1v) is 4.03. The van der Waals surface area contributed by atoms with E-state index >= 15 is 0 Å². The highest BCUT2D eigenvalue weighted by Gasteiger charge is 2.45. The third-order valence-corrected chi connectivity index (χ3v) is 2.16. The van der Waals surface area contributed by atoms with Crippen LogP contribution in [0.25, 0.3) is 0 Å². The van der Waals surface area contributed by atoms with Crippen LogP contribution in [0.3, 0.4) is 0 Å². The van der Waals surface area contributed by atoms with Gasteiger partial charge in [0.15, 0.2) is 5.78 Å². The quantitative estimate of drug-likeness (QED) is 0.655. The topological polar surface area (TPSA) is 66.8 Å². The average molecular weight is 187 g/mol. The standard InChI is InChI=1S/C8H13NO4/c1-5(10)6-4-13-8(2,3)9(6)7(11)12/h6H,4H2,1-3H3,(H,11,12)/t6-/m0/s1. The molecule has 0 aromatic carbocycles. The van der Waals surface area contributed by atoms with Crippen LogP contribution in [-0.4, -0.2) is 40.3 Å². The minimum atomic E-state index is -1.12. The fraction of sp³-hybridized carbons (Fsp3) is 0.750. The molecule has 0 unspecified atom stereocenters. The van der Waals surface area contributed by atoms with E-state index in [0.717, 1.165) is 4.90 Å². The molecule has 0 radical (unpaired) electrons. The molecule has 0 spiro atoms. The van der Waals surface area contributed by atoms with Crippen molar-refractivity contribution in [3.8, 4) is 0 Å². The molecule has 1 rings (SSSR count). The van der Waals surface area contributed by atoms with Gasteiger partial charge >= 0.3 is 6.09 Å². The number of hydrogen-bond donors (Lipinski definition) is 1. The number of hydrogen-bond acceptors (Lipinski definition) is 3. The molecule has 0 aromatic heterocycles. The number of carbonyl (C=O) groups is 2. The van der Waals surface area contributed by atoms with Gasteiger partial charge in [-0.05, 0) is 20.8 Å². The maximum atomic E-state index is 11.1. The van der Waals surface area contributed by atoms with Gasteiger partial charge in [0.1, 0.15) is 11.8 Å². The Labute approximate surface area is 76.3 Å². The number of ketones is 1. The Kier molecular flexibility index (Phi) is 2.30. The van der Waals surface area contributed by atoms with Crippen molar-refractivity contribution in [2.75, 3.05) is 6.61 Å². The largest absolute Gasteiger partial charge is 0.465 e. The second-order valence-corrected chi connectivity index (χ2v) is 3.54. The van der Waals surface area contributed by atoms with Crippen LogP contribution in [0.2, 0.25) is 0 Å². The summed E-state index contributed by atoms with van der Waals surface area (Å²) < 4.78 is 5.21. The van der Waals surface area contributed by atoms with E-state index in [2.05, 4.69) is 0 Å². The molecular formula is C8H13NO4. The molecule has 5 heteroatoms. The smallest absolute Gasteiger partial charge is 0.410 e. The Morgan fingerprint density at radius 3 is 2.38 bits per heavy atom. The van der Waals surface area contributed by atoms with Crippen LogP contribution < -0.4 is 0 Å². The minimum absolute atomic E-state index is 0.147. The van der Waals surface area contributed by atoms with Crippen LogP contribution in [0, 0.1) is 0 Å². The maximum absolute atomic E-state index is 11.1. The molecule has 1 aliphatic heterocycles. The van der Waals surface area contributed by atoms with Crippen LogP contribution in [0.15, 0.2) is 0 Å². The van der Waals surface area contributed by atoms with E-state index < -0.39 is 17.9 Å². The van der Waals surface area contributed by atoms with Gasteiger partial charge in [0.25, 0.3) is 0 Å². The molecule has 1 N–H and O–H groups in total. The molecular weight excluding hydrogens is 174 g/mol. The summed E-state index contributed by atoms with van der Waals surface area (Å²) in [6.45, 7) is 4.77. The summed E-state index contributed by atoms with van der Waals surface area (Å²) in [5.41, 5.74) is -0.901. The molecule has 0 saturated carbocycles. The first-order valence-electron chi connectivity index (χ1n) is 4.03. The highest BCUT2D eigenvalue weighted by molar-refractivity contribution is 5.86. The Balaban J connectivity index is 2.92. The van der Waals surface area contributed by atoms with Crippen molar-refractivity contribution in [2.45, 2.75) is 32.5 Å². The molecule has 1 heterocycles. The molecule has 13 heavy (non-hydrogen) atoms.